The predicted molar refractivity (Wildman–Crippen MR) is 195 cm³/mol. The Morgan fingerprint density at radius 2 is 0.891 bits per heavy atom. The fraction of sp³-hybridized carbons (Fsp3) is 0. The molecule has 9 rings (SSSR count). The van der Waals surface area contributed by atoms with Crippen molar-refractivity contribution in [3.63, 3.8) is 0 Å². The van der Waals surface area contributed by atoms with E-state index in [0.29, 0.717) is 0 Å². The average Bonchev–Trinajstić information content (AvgIpc) is 3.76. The maximum Gasteiger partial charge on any atom is 0.124 e. The molecule has 0 aliphatic carbocycles. The topological polar surface area (TPSA) is 38.7 Å². The highest BCUT2D eigenvalue weighted by Crippen LogP contribution is 2.38. The van der Waals surface area contributed by atoms with Crippen molar-refractivity contribution in [3.8, 4) is 54.5 Å². The maximum atomic E-state index is 4.87. The molecule has 0 unspecified atom stereocenters. The maximum absolute atomic E-state index is 4.87. The molecule has 0 atom stereocenters. The predicted octanol–water partition coefficient (Wildman–Crippen LogP) is 11.8. The zero-order valence-electron chi connectivity index (χ0n) is 24.6. The van der Waals surface area contributed by atoms with Gasteiger partial charge in [0.2, 0.25) is 0 Å². The summed E-state index contributed by atoms with van der Waals surface area (Å²) in [4.78, 5) is 14.5. The first-order valence-electron chi connectivity index (χ1n) is 15.2. The van der Waals surface area contributed by atoms with Gasteiger partial charge in [-0.1, -0.05) is 97.1 Å². The summed E-state index contributed by atoms with van der Waals surface area (Å²) in [6.07, 6.45) is 1.87. The molecular formula is C41H25N3S2. The van der Waals surface area contributed by atoms with E-state index < -0.39 is 0 Å². The van der Waals surface area contributed by atoms with Gasteiger partial charge in [0.25, 0.3) is 0 Å². The molecule has 0 fully saturated rings. The molecule has 0 aliphatic rings. The largest absolute Gasteiger partial charge is 0.256 e. The summed E-state index contributed by atoms with van der Waals surface area (Å²) in [6, 6.07) is 51.6. The highest BCUT2D eigenvalue weighted by atomic mass is 32.1. The second-order valence-corrected chi connectivity index (χ2v) is 13.4. The molecule has 0 bridgehead atoms. The minimum absolute atomic E-state index is 1.01. The Morgan fingerprint density at radius 3 is 1.46 bits per heavy atom. The van der Waals surface area contributed by atoms with Crippen LogP contribution in [0.2, 0.25) is 0 Å². The van der Waals surface area contributed by atoms with E-state index >= 15 is 0 Å². The van der Waals surface area contributed by atoms with E-state index in [1.54, 1.807) is 22.7 Å². The Balaban J connectivity index is 1.14. The lowest BCUT2D eigenvalue weighted by atomic mass is 9.92. The SMILES string of the molecule is c1cnc2c(-c3cc(-c4ccc(-c5nc6ccccc6s5)cc4)cc(-c4ccc(-c5nc6ccccc6s5)cc4)c3)cccc2c1. The number of thiazole rings is 2. The molecule has 5 heteroatoms. The molecular weight excluding hydrogens is 599 g/mol. The standard InChI is InChI=1S/C41H25N3S2/c1-3-12-37-35(10-1)43-40(45-37)29-18-14-26(15-19-29)31-23-32(25-33(24-31)34-9-5-7-28-8-6-22-42-39(28)34)27-16-20-30(21-17-27)41-44-36-11-2-4-13-38(36)46-41/h1-25H. The van der Waals surface area contributed by atoms with Gasteiger partial charge in [-0.2, -0.15) is 0 Å². The molecule has 3 nitrogen and oxygen atoms in total. The number of hydrogen-bond acceptors (Lipinski definition) is 5. The minimum atomic E-state index is 1.01. The van der Waals surface area contributed by atoms with Gasteiger partial charge in [-0.15, -0.1) is 22.7 Å². The molecule has 6 aromatic carbocycles. The molecule has 0 aliphatic heterocycles. The summed E-state index contributed by atoms with van der Waals surface area (Å²) in [5.41, 5.74) is 12.3. The summed E-state index contributed by atoms with van der Waals surface area (Å²) in [5, 5.41) is 3.21. The molecule has 0 N–H and O–H groups in total. The summed E-state index contributed by atoms with van der Waals surface area (Å²) in [6.45, 7) is 0. The average molecular weight is 624 g/mol. The molecule has 0 saturated carbocycles. The molecule has 216 valence electrons. The fourth-order valence-corrected chi connectivity index (χ4v) is 8.00. The van der Waals surface area contributed by atoms with E-state index in [4.69, 9.17) is 15.0 Å². The van der Waals surface area contributed by atoms with Gasteiger partial charge in [0.05, 0.1) is 25.9 Å². The Hall–Kier alpha value is -5.49. The number of pyridine rings is 1. The Morgan fingerprint density at radius 1 is 0.391 bits per heavy atom. The Kier molecular flexibility index (Phi) is 6.51. The van der Waals surface area contributed by atoms with Crippen molar-refractivity contribution in [1.29, 1.82) is 0 Å². The number of para-hydroxylation sites is 3. The van der Waals surface area contributed by atoms with Crippen LogP contribution in [0.15, 0.2) is 152 Å². The number of fused-ring (bicyclic) bond motifs is 3. The van der Waals surface area contributed by atoms with Crippen LogP contribution in [-0.2, 0) is 0 Å². The van der Waals surface area contributed by atoms with Crippen molar-refractivity contribution in [2.75, 3.05) is 0 Å². The van der Waals surface area contributed by atoms with Crippen LogP contribution in [0.5, 0.6) is 0 Å². The number of aromatic nitrogens is 3. The molecule has 3 heterocycles. The lowest BCUT2D eigenvalue weighted by Gasteiger charge is -2.13. The highest BCUT2D eigenvalue weighted by molar-refractivity contribution is 7.22. The van der Waals surface area contributed by atoms with Gasteiger partial charge in [-0.3, -0.25) is 4.98 Å². The van der Waals surface area contributed by atoms with Gasteiger partial charge >= 0.3 is 0 Å². The van der Waals surface area contributed by atoms with Gasteiger partial charge < -0.3 is 0 Å². The lowest BCUT2D eigenvalue weighted by molar-refractivity contribution is 1.41. The third kappa shape index (κ3) is 4.87. The molecule has 3 aromatic heterocycles. The van der Waals surface area contributed by atoms with E-state index in [0.717, 1.165) is 76.5 Å². The van der Waals surface area contributed by atoms with E-state index in [1.165, 1.54) is 9.40 Å². The number of hydrogen-bond donors (Lipinski definition) is 0. The van der Waals surface area contributed by atoms with Crippen LogP contribution in [0, 0.1) is 0 Å². The Bertz CT molecular complexity index is 2320. The van der Waals surface area contributed by atoms with Crippen molar-refractivity contribution in [2.45, 2.75) is 0 Å². The lowest BCUT2D eigenvalue weighted by Crippen LogP contribution is -1.89. The zero-order chi connectivity index (χ0) is 30.5. The summed E-state index contributed by atoms with van der Waals surface area (Å²) >= 11 is 3.46. The van der Waals surface area contributed by atoms with E-state index in [9.17, 15) is 0 Å². The van der Waals surface area contributed by atoms with Crippen LogP contribution in [0.3, 0.4) is 0 Å². The highest BCUT2D eigenvalue weighted by Gasteiger charge is 2.13. The summed E-state index contributed by atoms with van der Waals surface area (Å²) < 4.78 is 2.41. The first kappa shape index (κ1) is 26.9. The van der Waals surface area contributed by atoms with Gasteiger partial charge in [0.1, 0.15) is 10.0 Å². The van der Waals surface area contributed by atoms with Crippen molar-refractivity contribution in [3.05, 3.63) is 152 Å². The quantitative estimate of drug-likeness (QED) is 0.191. The van der Waals surface area contributed by atoms with Gasteiger partial charge in [0.15, 0.2) is 0 Å². The first-order valence-corrected chi connectivity index (χ1v) is 16.8. The molecule has 0 spiro atoms. The van der Waals surface area contributed by atoms with E-state index in [1.807, 2.05) is 24.4 Å². The van der Waals surface area contributed by atoms with Crippen LogP contribution >= 0.6 is 22.7 Å². The molecule has 46 heavy (non-hydrogen) atoms. The monoisotopic (exact) mass is 623 g/mol. The van der Waals surface area contributed by atoms with Crippen LogP contribution in [0.4, 0.5) is 0 Å². The van der Waals surface area contributed by atoms with Crippen LogP contribution in [0.25, 0.3) is 85.9 Å². The number of nitrogens with zero attached hydrogens (tertiary/aromatic N) is 3. The van der Waals surface area contributed by atoms with Gasteiger partial charge in [-0.05, 0) is 76.3 Å². The van der Waals surface area contributed by atoms with Crippen LogP contribution < -0.4 is 0 Å². The number of rotatable bonds is 5. The van der Waals surface area contributed by atoms with Crippen molar-refractivity contribution < 1.29 is 0 Å². The van der Waals surface area contributed by atoms with Crippen LogP contribution in [0.1, 0.15) is 0 Å². The van der Waals surface area contributed by atoms with Gasteiger partial charge in [0, 0.05) is 28.3 Å². The summed E-state index contributed by atoms with van der Waals surface area (Å²) in [5.74, 6) is 0. The van der Waals surface area contributed by atoms with E-state index in [-0.39, 0.29) is 0 Å². The first-order chi connectivity index (χ1) is 22.7. The zero-order valence-corrected chi connectivity index (χ0v) is 26.2. The number of benzene rings is 6. The van der Waals surface area contributed by atoms with Crippen molar-refractivity contribution >= 4 is 54.0 Å². The molecule has 0 saturated heterocycles. The molecule has 0 amide bonds. The fourth-order valence-electron chi connectivity index (χ4n) is 6.06. The van der Waals surface area contributed by atoms with E-state index in [2.05, 4.69) is 127 Å². The van der Waals surface area contributed by atoms with Crippen molar-refractivity contribution in [2.24, 2.45) is 0 Å². The minimum Gasteiger partial charge on any atom is -0.256 e. The molecule has 9 aromatic rings. The summed E-state index contributed by atoms with van der Waals surface area (Å²) in [7, 11) is 0. The smallest absolute Gasteiger partial charge is 0.124 e. The Labute approximate surface area is 274 Å². The third-order valence-electron chi connectivity index (χ3n) is 8.39. The third-order valence-corrected chi connectivity index (χ3v) is 10.6. The van der Waals surface area contributed by atoms with Crippen LogP contribution in [-0.4, -0.2) is 15.0 Å². The second-order valence-electron chi connectivity index (χ2n) is 11.3. The second kappa shape index (κ2) is 11.1. The molecule has 0 radical (unpaired) electrons. The normalized spacial score (nSPS) is 11.5. The van der Waals surface area contributed by atoms with Gasteiger partial charge in [-0.25, -0.2) is 9.97 Å². The van der Waals surface area contributed by atoms with Crippen molar-refractivity contribution in [1.82, 2.24) is 15.0 Å².